The molecule has 1 unspecified atom stereocenters. The number of imidazole rings is 1. The van der Waals surface area contributed by atoms with Crippen LogP contribution in [0.3, 0.4) is 0 Å². The largest absolute Gasteiger partial charge is 0.331 e. The van der Waals surface area contributed by atoms with Crippen molar-refractivity contribution in [2.45, 2.75) is 26.4 Å². The lowest BCUT2D eigenvalue weighted by Crippen LogP contribution is -2.26. The number of nitriles is 1. The Morgan fingerprint density at radius 1 is 1.50 bits per heavy atom. The molecule has 0 radical (unpaired) electrons. The molecular formula is C14H18N4. The monoisotopic (exact) mass is 242 g/mol. The third-order valence-electron chi connectivity index (χ3n) is 3.45. The van der Waals surface area contributed by atoms with Crippen LogP contribution in [0.15, 0.2) is 18.2 Å². The highest BCUT2D eigenvalue weighted by molar-refractivity contribution is 5.76. The molecule has 0 bridgehead atoms. The maximum atomic E-state index is 8.89. The number of hydrogen-bond acceptors (Lipinski definition) is 3. The van der Waals surface area contributed by atoms with E-state index < -0.39 is 0 Å². The summed E-state index contributed by atoms with van der Waals surface area (Å²) in [5.74, 6) is 1.01. The van der Waals surface area contributed by atoms with Crippen LogP contribution in [0.5, 0.6) is 0 Å². The Bertz CT molecular complexity index is 606. The summed E-state index contributed by atoms with van der Waals surface area (Å²) in [5, 5.41) is 8.89. The number of aromatic nitrogens is 2. The Labute approximate surface area is 107 Å². The molecule has 0 fully saturated rings. The highest BCUT2D eigenvalue weighted by Crippen LogP contribution is 2.17. The Kier molecular flexibility index (Phi) is 3.35. The van der Waals surface area contributed by atoms with Gasteiger partial charge in [0.25, 0.3) is 0 Å². The van der Waals surface area contributed by atoms with Crippen molar-refractivity contribution in [3.05, 3.63) is 29.6 Å². The fraction of sp³-hybridized carbons (Fsp3) is 0.429. The summed E-state index contributed by atoms with van der Waals surface area (Å²) < 4.78 is 2.08. The molecule has 0 aliphatic heterocycles. The van der Waals surface area contributed by atoms with Crippen LogP contribution in [0.1, 0.15) is 18.3 Å². The maximum absolute atomic E-state index is 8.89. The van der Waals surface area contributed by atoms with Crippen LogP contribution < -0.4 is 0 Å². The number of benzene rings is 1. The van der Waals surface area contributed by atoms with E-state index in [-0.39, 0.29) is 6.04 Å². The van der Waals surface area contributed by atoms with Crippen molar-refractivity contribution in [3.63, 3.8) is 0 Å². The van der Waals surface area contributed by atoms with Crippen LogP contribution in [-0.4, -0.2) is 27.5 Å². The Morgan fingerprint density at radius 3 is 2.89 bits per heavy atom. The van der Waals surface area contributed by atoms with Gasteiger partial charge in [-0.3, -0.25) is 4.90 Å². The predicted molar refractivity (Wildman–Crippen MR) is 72.0 cm³/mol. The summed E-state index contributed by atoms with van der Waals surface area (Å²) in [5.41, 5.74) is 3.35. The first-order valence-corrected chi connectivity index (χ1v) is 6.04. The minimum Gasteiger partial charge on any atom is -0.331 e. The first-order valence-electron chi connectivity index (χ1n) is 6.04. The molecule has 0 spiro atoms. The summed E-state index contributed by atoms with van der Waals surface area (Å²) in [4.78, 5) is 6.55. The Balaban J connectivity index is 2.28. The van der Waals surface area contributed by atoms with Crippen LogP contribution in [0.25, 0.3) is 11.0 Å². The van der Waals surface area contributed by atoms with E-state index >= 15 is 0 Å². The molecule has 18 heavy (non-hydrogen) atoms. The average Bonchev–Trinajstić information content (AvgIpc) is 2.63. The molecule has 4 nitrogen and oxygen atoms in total. The molecule has 1 aromatic carbocycles. The van der Waals surface area contributed by atoms with Crippen LogP contribution in [0.2, 0.25) is 0 Å². The van der Waals surface area contributed by atoms with Gasteiger partial charge in [0.1, 0.15) is 5.82 Å². The highest BCUT2D eigenvalue weighted by atomic mass is 15.1. The van der Waals surface area contributed by atoms with Crippen molar-refractivity contribution in [1.82, 2.24) is 14.5 Å². The summed E-state index contributed by atoms with van der Waals surface area (Å²) in [6, 6.07) is 8.46. The summed E-state index contributed by atoms with van der Waals surface area (Å²) in [7, 11) is 3.98. The Morgan fingerprint density at radius 2 is 2.22 bits per heavy atom. The molecule has 2 rings (SSSR count). The second-order valence-electron chi connectivity index (χ2n) is 4.76. The SMILES string of the molecule is Cc1nc2cc(CN(C)C(C)C#N)ccc2n1C. The Hall–Kier alpha value is -1.86. The van der Waals surface area contributed by atoms with E-state index in [0.717, 1.165) is 23.4 Å². The fourth-order valence-corrected chi connectivity index (χ4v) is 1.99. The molecule has 0 saturated heterocycles. The van der Waals surface area contributed by atoms with E-state index in [2.05, 4.69) is 33.8 Å². The fourth-order valence-electron chi connectivity index (χ4n) is 1.99. The molecule has 2 aromatic rings. The number of aryl methyl sites for hydroxylation is 2. The molecular weight excluding hydrogens is 224 g/mol. The number of rotatable bonds is 3. The molecule has 4 heteroatoms. The van der Waals surface area contributed by atoms with Gasteiger partial charge in [-0.05, 0) is 38.6 Å². The third kappa shape index (κ3) is 2.22. The van der Waals surface area contributed by atoms with Gasteiger partial charge in [-0.15, -0.1) is 0 Å². The molecule has 1 atom stereocenters. The number of nitrogens with zero attached hydrogens (tertiary/aromatic N) is 4. The van der Waals surface area contributed by atoms with Gasteiger partial charge in [0.2, 0.25) is 0 Å². The zero-order chi connectivity index (χ0) is 13.3. The second kappa shape index (κ2) is 4.79. The number of fused-ring (bicyclic) bond motifs is 1. The molecule has 0 saturated carbocycles. The van der Waals surface area contributed by atoms with Gasteiger partial charge in [0, 0.05) is 13.6 Å². The first kappa shape index (κ1) is 12.6. The molecule has 94 valence electrons. The highest BCUT2D eigenvalue weighted by Gasteiger charge is 2.10. The molecule has 1 aromatic heterocycles. The van der Waals surface area contributed by atoms with Gasteiger partial charge >= 0.3 is 0 Å². The topological polar surface area (TPSA) is 44.9 Å². The van der Waals surface area contributed by atoms with Crippen LogP contribution in [0.4, 0.5) is 0 Å². The lowest BCUT2D eigenvalue weighted by Gasteiger charge is -2.18. The van der Waals surface area contributed by atoms with Crippen LogP contribution in [0, 0.1) is 18.3 Å². The second-order valence-corrected chi connectivity index (χ2v) is 4.76. The predicted octanol–water partition coefficient (Wildman–Crippen LogP) is 2.23. The summed E-state index contributed by atoms with van der Waals surface area (Å²) in [6.07, 6.45) is 0. The van der Waals surface area contributed by atoms with Crippen molar-refractivity contribution >= 4 is 11.0 Å². The van der Waals surface area contributed by atoms with E-state index in [1.165, 1.54) is 5.56 Å². The van der Waals surface area contributed by atoms with Crippen molar-refractivity contribution in [3.8, 4) is 6.07 Å². The molecule has 0 aliphatic rings. The van der Waals surface area contributed by atoms with E-state index in [1.54, 1.807) is 0 Å². The summed E-state index contributed by atoms with van der Waals surface area (Å²) in [6.45, 7) is 4.67. The van der Waals surface area contributed by atoms with Crippen molar-refractivity contribution in [2.75, 3.05) is 7.05 Å². The minimum atomic E-state index is -0.0776. The van der Waals surface area contributed by atoms with Gasteiger partial charge in [-0.2, -0.15) is 5.26 Å². The van der Waals surface area contributed by atoms with E-state index in [4.69, 9.17) is 5.26 Å². The lowest BCUT2D eigenvalue weighted by molar-refractivity contribution is 0.294. The van der Waals surface area contributed by atoms with Crippen molar-refractivity contribution in [2.24, 2.45) is 7.05 Å². The molecule has 0 aliphatic carbocycles. The zero-order valence-corrected chi connectivity index (χ0v) is 11.3. The van der Waals surface area contributed by atoms with Gasteiger partial charge in [0.05, 0.1) is 23.1 Å². The van der Waals surface area contributed by atoms with E-state index in [0.29, 0.717) is 0 Å². The van der Waals surface area contributed by atoms with Gasteiger partial charge in [0.15, 0.2) is 0 Å². The van der Waals surface area contributed by atoms with Gasteiger partial charge in [-0.25, -0.2) is 4.98 Å². The quantitative estimate of drug-likeness (QED) is 0.829. The van der Waals surface area contributed by atoms with Gasteiger partial charge < -0.3 is 4.57 Å². The van der Waals surface area contributed by atoms with E-state index in [9.17, 15) is 0 Å². The van der Waals surface area contributed by atoms with Crippen LogP contribution in [-0.2, 0) is 13.6 Å². The van der Waals surface area contributed by atoms with Crippen molar-refractivity contribution < 1.29 is 0 Å². The molecule has 1 heterocycles. The smallest absolute Gasteiger partial charge is 0.106 e. The molecule has 0 amide bonds. The normalized spacial score (nSPS) is 12.9. The standard InChI is InChI=1S/C14H18N4/c1-10(8-15)17(3)9-12-5-6-14-13(7-12)16-11(2)18(14)4/h5-7,10H,9H2,1-4H3. The lowest BCUT2D eigenvalue weighted by atomic mass is 10.1. The zero-order valence-electron chi connectivity index (χ0n) is 11.3. The van der Waals surface area contributed by atoms with Crippen molar-refractivity contribution in [1.29, 1.82) is 5.26 Å². The number of hydrogen-bond donors (Lipinski definition) is 0. The minimum absolute atomic E-state index is 0.0776. The maximum Gasteiger partial charge on any atom is 0.106 e. The summed E-state index contributed by atoms with van der Waals surface area (Å²) >= 11 is 0. The van der Waals surface area contributed by atoms with Gasteiger partial charge in [-0.1, -0.05) is 6.07 Å². The van der Waals surface area contributed by atoms with E-state index in [1.807, 2.05) is 32.8 Å². The first-order chi connectivity index (χ1) is 8.52. The third-order valence-corrected chi connectivity index (χ3v) is 3.45. The van der Waals surface area contributed by atoms with Crippen LogP contribution >= 0.6 is 0 Å². The molecule has 0 N–H and O–H groups in total. The average molecular weight is 242 g/mol.